The lowest BCUT2D eigenvalue weighted by Gasteiger charge is -2.17. The average Bonchev–Trinajstić information content (AvgIpc) is 2.12. The Morgan fingerprint density at radius 2 is 2.40 bits per heavy atom. The van der Waals surface area contributed by atoms with Crippen LogP contribution in [-0.4, -0.2) is 44.4 Å². The highest BCUT2D eigenvalue weighted by Gasteiger charge is 2.36. The van der Waals surface area contributed by atoms with E-state index in [0.717, 1.165) is 6.54 Å². The van der Waals surface area contributed by atoms with Gasteiger partial charge in [-0.2, -0.15) is 0 Å². The molecule has 0 bridgehead atoms. The second-order valence-electron chi connectivity index (χ2n) is 3.07. The summed E-state index contributed by atoms with van der Waals surface area (Å²) >= 11 is 0. The Morgan fingerprint density at radius 1 is 1.70 bits per heavy atom. The SMILES string of the molecule is COC[C@]1(F)CCN(C)C1. The molecule has 0 aromatic rings. The summed E-state index contributed by atoms with van der Waals surface area (Å²) in [6.07, 6.45) is 0.608. The van der Waals surface area contributed by atoms with Gasteiger partial charge in [-0.15, -0.1) is 0 Å². The number of hydrogen-bond donors (Lipinski definition) is 0. The van der Waals surface area contributed by atoms with E-state index in [0.29, 0.717) is 13.0 Å². The number of likely N-dealkylation sites (tertiary alicyclic amines) is 1. The van der Waals surface area contributed by atoms with E-state index in [1.54, 1.807) is 7.11 Å². The van der Waals surface area contributed by atoms with E-state index in [9.17, 15) is 4.39 Å². The number of halogens is 1. The first-order valence-corrected chi connectivity index (χ1v) is 3.53. The van der Waals surface area contributed by atoms with Crippen molar-refractivity contribution in [3.63, 3.8) is 0 Å². The number of nitrogens with zero attached hydrogens (tertiary/aromatic N) is 1. The smallest absolute Gasteiger partial charge is 0.147 e. The molecule has 60 valence electrons. The lowest BCUT2D eigenvalue weighted by Crippen LogP contribution is -2.31. The Morgan fingerprint density at radius 3 is 2.80 bits per heavy atom. The van der Waals surface area contributed by atoms with E-state index >= 15 is 0 Å². The summed E-state index contributed by atoms with van der Waals surface area (Å²) in [7, 11) is 3.47. The third-order valence-corrected chi connectivity index (χ3v) is 1.90. The summed E-state index contributed by atoms with van der Waals surface area (Å²) in [5.41, 5.74) is -1.08. The van der Waals surface area contributed by atoms with Crippen LogP contribution in [0.1, 0.15) is 6.42 Å². The van der Waals surface area contributed by atoms with Crippen molar-refractivity contribution in [3.8, 4) is 0 Å². The largest absolute Gasteiger partial charge is 0.381 e. The molecule has 0 spiro atoms. The first-order valence-electron chi connectivity index (χ1n) is 3.53. The molecule has 1 rings (SSSR count). The van der Waals surface area contributed by atoms with E-state index in [-0.39, 0.29) is 6.61 Å². The van der Waals surface area contributed by atoms with Crippen molar-refractivity contribution in [1.29, 1.82) is 0 Å². The maximum absolute atomic E-state index is 13.4. The fraction of sp³-hybridized carbons (Fsp3) is 1.00. The molecule has 0 unspecified atom stereocenters. The standard InChI is InChI=1S/C7H14FNO/c1-9-4-3-7(8,5-9)6-10-2/h3-6H2,1-2H3/t7-/m0/s1. The van der Waals surface area contributed by atoms with Gasteiger partial charge in [0.05, 0.1) is 6.61 Å². The Bertz CT molecular complexity index is 116. The fourth-order valence-electron chi connectivity index (χ4n) is 1.41. The Kier molecular flexibility index (Phi) is 2.26. The molecule has 2 nitrogen and oxygen atoms in total. The molecule has 0 aliphatic carbocycles. The maximum Gasteiger partial charge on any atom is 0.147 e. The molecule has 3 heteroatoms. The summed E-state index contributed by atoms with van der Waals surface area (Å²) in [6, 6.07) is 0. The molecule has 1 aliphatic heterocycles. The quantitative estimate of drug-likeness (QED) is 0.569. The van der Waals surface area contributed by atoms with Crippen LogP contribution < -0.4 is 0 Å². The van der Waals surface area contributed by atoms with Gasteiger partial charge in [0.2, 0.25) is 0 Å². The van der Waals surface area contributed by atoms with Gasteiger partial charge in [-0.1, -0.05) is 0 Å². The van der Waals surface area contributed by atoms with Gasteiger partial charge in [-0.05, 0) is 13.5 Å². The van der Waals surface area contributed by atoms with Gasteiger partial charge in [0, 0.05) is 20.2 Å². The molecule has 1 saturated heterocycles. The molecule has 0 N–H and O–H groups in total. The third-order valence-electron chi connectivity index (χ3n) is 1.90. The number of methoxy groups -OCH3 is 1. The minimum absolute atomic E-state index is 0.233. The summed E-state index contributed by atoms with van der Waals surface area (Å²) in [5.74, 6) is 0. The lowest BCUT2D eigenvalue weighted by molar-refractivity contribution is 0.0492. The highest BCUT2D eigenvalue weighted by molar-refractivity contribution is 4.88. The van der Waals surface area contributed by atoms with Crippen molar-refractivity contribution in [2.24, 2.45) is 0 Å². The van der Waals surface area contributed by atoms with Gasteiger partial charge in [0.25, 0.3) is 0 Å². The zero-order chi connectivity index (χ0) is 7.61. The maximum atomic E-state index is 13.4. The van der Waals surface area contributed by atoms with E-state index in [2.05, 4.69) is 0 Å². The molecule has 1 heterocycles. The van der Waals surface area contributed by atoms with E-state index in [4.69, 9.17) is 4.74 Å². The van der Waals surface area contributed by atoms with Crippen LogP contribution in [-0.2, 0) is 4.74 Å². The molecule has 0 aromatic carbocycles. The highest BCUT2D eigenvalue weighted by Crippen LogP contribution is 2.24. The second-order valence-corrected chi connectivity index (χ2v) is 3.07. The summed E-state index contributed by atoms with van der Waals surface area (Å²) in [5, 5.41) is 0. The minimum Gasteiger partial charge on any atom is -0.381 e. The van der Waals surface area contributed by atoms with Gasteiger partial charge in [0.1, 0.15) is 5.67 Å². The van der Waals surface area contributed by atoms with Crippen molar-refractivity contribution in [2.45, 2.75) is 12.1 Å². The number of hydrogen-bond acceptors (Lipinski definition) is 2. The number of ether oxygens (including phenoxy) is 1. The second kappa shape index (κ2) is 2.84. The summed E-state index contributed by atoms with van der Waals surface area (Å²) < 4.78 is 18.2. The average molecular weight is 147 g/mol. The van der Waals surface area contributed by atoms with Crippen LogP contribution in [0.5, 0.6) is 0 Å². The van der Waals surface area contributed by atoms with Gasteiger partial charge in [-0.25, -0.2) is 4.39 Å². The third kappa shape index (κ3) is 1.67. The molecular formula is C7H14FNO. The van der Waals surface area contributed by atoms with Crippen molar-refractivity contribution in [2.75, 3.05) is 33.9 Å². The predicted molar refractivity (Wildman–Crippen MR) is 37.8 cm³/mol. The first-order chi connectivity index (χ1) is 4.66. The van der Waals surface area contributed by atoms with Gasteiger partial charge in [0.15, 0.2) is 0 Å². The Labute approximate surface area is 61.0 Å². The summed E-state index contributed by atoms with van der Waals surface area (Å²) in [4.78, 5) is 1.99. The molecule has 1 aliphatic rings. The van der Waals surface area contributed by atoms with Crippen LogP contribution in [0.2, 0.25) is 0 Å². The van der Waals surface area contributed by atoms with E-state index in [1.165, 1.54) is 0 Å². The van der Waals surface area contributed by atoms with Crippen LogP contribution in [0.25, 0.3) is 0 Å². The van der Waals surface area contributed by atoms with Crippen molar-refractivity contribution >= 4 is 0 Å². The van der Waals surface area contributed by atoms with Gasteiger partial charge in [-0.3, -0.25) is 0 Å². The monoisotopic (exact) mass is 147 g/mol. The molecule has 0 saturated carbocycles. The minimum atomic E-state index is -1.08. The molecule has 10 heavy (non-hydrogen) atoms. The van der Waals surface area contributed by atoms with Crippen molar-refractivity contribution < 1.29 is 9.13 Å². The molecule has 1 atom stereocenters. The van der Waals surface area contributed by atoms with Crippen LogP contribution in [0.3, 0.4) is 0 Å². The van der Waals surface area contributed by atoms with Crippen LogP contribution in [0, 0.1) is 0 Å². The highest BCUT2D eigenvalue weighted by atomic mass is 19.1. The van der Waals surface area contributed by atoms with Gasteiger partial charge >= 0.3 is 0 Å². The number of rotatable bonds is 2. The first kappa shape index (κ1) is 7.95. The molecule has 0 amide bonds. The zero-order valence-corrected chi connectivity index (χ0v) is 6.56. The molecule has 0 aromatic heterocycles. The van der Waals surface area contributed by atoms with E-state index < -0.39 is 5.67 Å². The van der Waals surface area contributed by atoms with Crippen LogP contribution >= 0.6 is 0 Å². The predicted octanol–water partition coefficient (Wildman–Crippen LogP) is 0.677. The fourth-order valence-corrected chi connectivity index (χ4v) is 1.41. The topological polar surface area (TPSA) is 12.5 Å². The molecular weight excluding hydrogens is 133 g/mol. The van der Waals surface area contributed by atoms with Crippen molar-refractivity contribution in [1.82, 2.24) is 4.90 Å². The normalized spacial score (nSPS) is 35.1. The Balaban J connectivity index is 2.38. The Hall–Kier alpha value is -0.150. The molecule has 1 fully saturated rings. The number of alkyl halides is 1. The van der Waals surface area contributed by atoms with Crippen LogP contribution in [0.4, 0.5) is 4.39 Å². The lowest BCUT2D eigenvalue weighted by atomic mass is 10.1. The van der Waals surface area contributed by atoms with Gasteiger partial charge < -0.3 is 9.64 Å². The molecule has 0 radical (unpaired) electrons. The van der Waals surface area contributed by atoms with Crippen molar-refractivity contribution in [3.05, 3.63) is 0 Å². The van der Waals surface area contributed by atoms with E-state index in [1.807, 2.05) is 11.9 Å². The zero-order valence-electron chi connectivity index (χ0n) is 6.56. The summed E-state index contributed by atoms with van der Waals surface area (Å²) in [6.45, 7) is 1.60. The van der Waals surface area contributed by atoms with Crippen LogP contribution in [0.15, 0.2) is 0 Å².